The maximum absolute atomic E-state index is 13.1. The van der Waals surface area contributed by atoms with Crippen LogP contribution in [0.25, 0.3) is 10.9 Å². The molecule has 1 fully saturated rings. The van der Waals surface area contributed by atoms with E-state index in [0.29, 0.717) is 55.2 Å². The molecule has 9 nitrogen and oxygen atoms in total. The SMILES string of the molecule is COc1cccc(CN2CCN(C(=O)c3ccc(NS(=O)(=O)c4cccc5cccnc45)cc3)CC2)c1O. The van der Waals surface area contributed by atoms with Crippen molar-refractivity contribution in [3.05, 3.63) is 90.1 Å². The maximum Gasteiger partial charge on any atom is 0.264 e. The lowest BCUT2D eigenvalue weighted by Gasteiger charge is -2.35. The first-order valence-electron chi connectivity index (χ1n) is 12.2. The molecule has 5 rings (SSSR count). The van der Waals surface area contributed by atoms with E-state index in [2.05, 4.69) is 14.6 Å². The summed E-state index contributed by atoms with van der Waals surface area (Å²) in [6, 6.07) is 20.4. The largest absolute Gasteiger partial charge is 0.504 e. The number of anilines is 1. The van der Waals surface area contributed by atoms with Crippen LogP contribution in [0, 0.1) is 0 Å². The molecule has 0 spiro atoms. The van der Waals surface area contributed by atoms with E-state index in [1.54, 1.807) is 53.6 Å². The molecule has 4 aromatic rings. The van der Waals surface area contributed by atoms with E-state index in [-0.39, 0.29) is 16.6 Å². The number of ether oxygens (including phenoxy) is 1. The third kappa shape index (κ3) is 5.27. The Bertz CT molecular complexity index is 1560. The van der Waals surface area contributed by atoms with E-state index in [1.165, 1.54) is 13.2 Å². The van der Waals surface area contributed by atoms with Crippen LogP contribution in [0.1, 0.15) is 15.9 Å². The van der Waals surface area contributed by atoms with Crippen molar-refractivity contribution in [2.45, 2.75) is 11.4 Å². The molecule has 196 valence electrons. The third-order valence-corrected chi connectivity index (χ3v) is 8.04. The van der Waals surface area contributed by atoms with Crippen molar-refractivity contribution in [3.8, 4) is 11.5 Å². The Hall–Kier alpha value is -4.15. The molecule has 1 aliphatic heterocycles. The molecule has 0 radical (unpaired) electrons. The fourth-order valence-corrected chi connectivity index (χ4v) is 5.82. The Morgan fingerprint density at radius 1 is 0.974 bits per heavy atom. The fourth-order valence-electron chi connectivity index (χ4n) is 4.58. The summed E-state index contributed by atoms with van der Waals surface area (Å²) in [5.74, 6) is 0.471. The minimum absolute atomic E-state index is 0.0934. The van der Waals surface area contributed by atoms with Crippen LogP contribution in [0.2, 0.25) is 0 Å². The standard InChI is InChI=1S/C28H28N4O5S/c1-37-24-8-2-6-22(27(24)33)19-31-15-17-32(18-16-31)28(34)21-10-12-23(13-11-21)30-38(35,36)25-9-3-5-20-7-4-14-29-26(20)25/h2-14,30,33H,15-19H2,1H3. The van der Waals surface area contributed by atoms with Gasteiger partial charge in [0.15, 0.2) is 11.5 Å². The second-order valence-corrected chi connectivity index (χ2v) is 10.7. The van der Waals surface area contributed by atoms with Crippen molar-refractivity contribution >= 4 is 32.5 Å². The summed E-state index contributed by atoms with van der Waals surface area (Å²) in [6.45, 7) is 2.99. The highest BCUT2D eigenvalue weighted by atomic mass is 32.2. The topological polar surface area (TPSA) is 112 Å². The van der Waals surface area contributed by atoms with E-state index in [1.807, 2.05) is 24.3 Å². The number of piperazine rings is 1. The Morgan fingerprint density at radius 3 is 2.42 bits per heavy atom. The molecule has 10 heteroatoms. The second kappa shape index (κ2) is 10.7. The molecular weight excluding hydrogens is 504 g/mol. The first kappa shape index (κ1) is 25.5. The number of rotatable bonds is 7. The van der Waals surface area contributed by atoms with Gasteiger partial charge in [-0.05, 0) is 42.5 Å². The van der Waals surface area contributed by atoms with Crippen LogP contribution in [0.4, 0.5) is 5.69 Å². The number of pyridine rings is 1. The molecule has 0 saturated carbocycles. The predicted octanol–water partition coefficient (Wildman–Crippen LogP) is 3.71. The van der Waals surface area contributed by atoms with Crippen molar-refractivity contribution in [1.82, 2.24) is 14.8 Å². The Labute approximate surface area is 221 Å². The first-order valence-corrected chi connectivity index (χ1v) is 13.7. The number of nitrogens with one attached hydrogen (secondary N) is 1. The Balaban J connectivity index is 1.21. The number of carbonyl (C=O) groups is 1. The van der Waals surface area contributed by atoms with Crippen LogP contribution in [0.3, 0.4) is 0 Å². The average molecular weight is 533 g/mol. The summed E-state index contributed by atoms with van der Waals surface area (Å²) in [4.78, 5) is 21.4. The zero-order chi connectivity index (χ0) is 26.7. The lowest BCUT2D eigenvalue weighted by atomic mass is 10.1. The number of phenolic OH excluding ortho intramolecular Hbond substituents is 1. The van der Waals surface area contributed by atoms with Gasteiger partial charge < -0.3 is 14.7 Å². The van der Waals surface area contributed by atoms with Crippen LogP contribution in [-0.4, -0.2) is 67.5 Å². The maximum atomic E-state index is 13.1. The molecule has 3 aromatic carbocycles. The van der Waals surface area contributed by atoms with Gasteiger partial charge in [-0.2, -0.15) is 0 Å². The van der Waals surface area contributed by atoms with Gasteiger partial charge in [0.1, 0.15) is 4.90 Å². The molecule has 0 atom stereocenters. The average Bonchev–Trinajstić information content (AvgIpc) is 2.94. The van der Waals surface area contributed by atoms with Crippen LogP contribution in [0.15, 0.2) is 83.9 Å². The number of carbonyl (C=O) groups excluding carboxylic acids is 1. The molecule has 38 heavy (non-hydrogen) atoms. The van der Waals surface area contributed by atoms with Crippen molar-refractivity contribution in [3.63, 3.8) is 0 Å². The number of methoxy groups -OCH3 is 1. The van der Waals surface area contributed by atoms with E-state index >= 15 is 0 Å². The normalized spacial score (nSPS) is 14.4. The summed E-state index contributed by atoms with van der Waals surface area (Å²) in [5, 5.41) is 11.1. The molecule has 2 heterocycles. The lowest BCUT2D eigenvalue weighted by Crippen LogP contribution is -2.48. The van der Waals surface area contributed by atoms with Crippen LogP contribution < -0.4 is 9.46 Å². The predicted molar refractivity (Wildman–Crippen MR) is 145 cm³/mol. The number of nitrogens with zero attached hydrogens (tertiary/aromatic N) is 3. The van der Waals surface area contributed by atoms with E-state index < -0.39 is 10.0 Å². The number of phenols is 1. The van der Waals surface area contributed by atoms with Gasteiger partial charge in [0, 0.05) is 61.1 Å². The first-order chi connectivity index (χ1) is 18.4. The van der Waals surface area contributed by atoms with Crippen molar-refractivity contribution < 1.29 is 23.1 Å². The Morgan fingerprint density at radius 2 is 1.68 bits per heavy atom. The molecule has 1 aliphatic rings. The third-order valence-electron chi connectivity index (χ3n) is 6.63. The van der Waals surface area contributed by atoms with Gasteiger partial charge in [-0.3, -0.25) is 19.4 Å². The summed E-state index contributed by atoms with van der Waals surface area (Å²) >= 11 is 0. The monoisotopic (exact) mass is 532 g/mol. The fraction of sp³-hybridized carbons (Fsp3) is 0.214. The molecule has 0 aliphatic carbocycles. The molecule has 2 N–H and O–H groups in total. The van der Waals surface area contributed by atoms with Gasteiger partial charge in [0.2, 0.25) is 0 Å². The molecule has 1 saturated heterocycles. The highest BCUT2D eigenvalue weighted by Gasteiger charge is 2.24. The minimum atomic E-state index is -3.87. The number of benzene rings is 3. The smallest absolute Gasteiger partial charge is 0.264 e. The zero-order valence-corrected chi connectivity index (χ0v) is 21.7. The highest BCUT2D eigenvalue weighted by molar-refractivity contribution is 7.93. The summed E-state index contributed by atoms with van der Waals surface area (Å²) in [6.07, 6.45) is 1.56. The molecule has 1 amide bonds. The number of fused-ring (bicyclic) bond motifs is 1. The van der Waals surface area contributed by atoms with Gasteiger partial charge in [0.05, 0.1) is 12.6 Å². The van der Waals surface area contributed by atoms with Gasteiger partial charge >= 0.3 is 0 Å². The summed E-state index contributed by atoms with van der Waals surface area (Å²) in [5.41, 5.74) is 2.02. The molecular formula is C28H28N4O5S. The van der Waals surface area contributed by atoms with Crippen molar-refractivity contribution in [2.75, 3.05) is 38.0 Å². The zero-order valence-electron chi connectivity index (χ0n) is 20.9. The van der Waals surface area contributed by atoms with Gasteiger partial charge in [0.25, 0.3) is 15.9 Å². The van der Waals surface area contributed by atoms with Crippen molar-refractivity contribution in [1.29, 1.82) is 0 Å². The number of aromatic nitrogens is 1. The van der Waals surface area contributed by atoms with Gasteiger partial charge in [-0.15, -0.1) is 0 Å². The second-order valence-electron chi connectivity index (χ2n) is 9.05. The van der Waals surface area contributed by atoms with Crippen molar-refractivity contribution in [2.24, 2.45) is 0 Å². The minimum Gasteiger partial charge on any atom is -0.504 e. The Kier molecular flexibility index (Phi) is 7.17. The van der Waals surface area contributed by atoms with E-state index in [9.17, 15) is 18.3 Å². The van der Waals surface area contributed by atoms with Gasteiger partial charge in [-0.1, -0.05) is 30.3 Å². The highest BCUT2D eigenvalue weighted by Crippen LogP contribution is 2.30. The quantitative estimate of drug-likeness (QED) is 0.373. The van der Waals surface area contributed by atoms with Crippen LogP contribution >= 0.6 is 0 Å². The number of amides is 1. The number of hydrogen-bond donors (Lipinski definition) is 2. The lowest BCUT2D eigenvalue weighted by molar-refractivity contribution is 0.0627. The number of aromatic hydroxyl groups is 1. The van der Waals surface area contributed by atoms with E-state index in [4.69, 9.17) is 4.74 Å². The van der Waals surface area contributed by atoms with Crippen LogP contribution in [0.5, 0.6) is 11.5 Å². The summed E-state index contributed by atoms with van der Waals surface area (Å²) < 4.78 is 33.9. The number of para-hydroxylation sites is 2. The molecule has 0 bridgehead atoms. The molecule has 1 aromatic heterocycles. The number of hydrogen-bond acceptors (Lipinski definition) is 7. The molecule has 0 unspecified atom stereocenters. The van der Waals surface area contributed by atoms with Crippen LogP contribution in [-0.2, 0) is 16.6 Å². The number of sulfonamides is 1. The van der Waals surface area contributed by atoms with E-state index in [0.717, 1.165) is 10.9 Å². The summed E-state index contributed by atoms with van der Waals surface area (Å²) in [7, 11) is -2.35. The van der Waals surface area contributed by atoms with Gasteiger partial charge in [-0.25, -0.2) is 8.42 Å².